The first-order valence-electron chi connectivity index (χ1n) is 14.9. The number of hydrogen-bond acceptors (Lipinski definition) is 7. The van der Waals surface area contributed by atoms with E-state index < -0.39 is 11.9 Å². The zero-order valence-electron chi connectivity index (χ0n) is 24.9. The molecule has 2 aromatic heterocycles. The van der Waals surface area contributed by atoms with Gasteiger partial charge in [0.1, 0.15) is 28.6 Å². The number of pyridine rings is 1. The highest BCUT2D eigenvalue weighted by atomic mass is 16.5. The van der Waals surface area contributed by atoms with Gasteiger partial charge in [0.15, 0.2) is 11.5 Å². The third-order valence-electron chi connectivity index (χ3n) is 8.25. The van der Waals surface area contributed by atoms with E-state index in [0.717, 1.165) is 27.9 Å². The average molecular weight is 605 g/mol. The number of ether oxygens (including phenoxy) is 3. The number of fused-ring (bicyclic) bond motifs is 7. The molecule has 1 unspecified atom stereocenters. The lowest BCUT2D eigenvalue weighted by molar-refractivity contribution is 0.0688. The SMILES string of the molecule is COc1ccc2cc1OCCCNC(=O)c1cc(ccc1O)Oc1ccc3c(c1)CCN(C(=O)c1cn4ccc(C)cc4n1)C23. The third-order valence-corrected chi connectivity index (χ3v) is 8.25. The first-order valence-corrected chi connectivity index (χ1v) is 14.9. The van der Waals surface area contributed by atoms with Crippen LogP contribution >= 0.6 is 0 Å². The van der Waals surface area contributed by atoms with Gasteiger partial charge >= 0.3 is 0 Å². The Morgan fingerprint density at radius 2 is 1.91 bits per heavy atom. The van der Waals surface area contributed by atoms with Gasteiger partial charge < -0.3 is 33.9 Å². The number of aromatic nitrogens is 2. The van der Waals surface area contributed by atoms with E-state index in [9.17, 15) is 14.7 Å². The van der Waals surface area contributed by atoms with E-state index in [0.29, 0.717) is 61.2 Å². The maximum Gasteiger partial charge on any atom is 0.274 e. The fourth-order valence-corrected chi connectivity index (χ4v) is 6.00. The summed E-state index contributed by atoms with van der Waals surface area (Å²) in [6.07, 6.45) is 4.80. The minimum Gasteiger partial charge on any atom is -0.507 e. The predicted molar refractivity (Wildman–Crippen MR) is 167 cm³/mol. The summed E-state index contributed by atoms with van der Waals surface area (Å²) in [6.45, 7) is 3.10. The molecule has 5 aromatic rings. The number of imidazole rings is 1. The van der Waals surface area contributed by atoms with Gasteiger partial charge in [0.2, 0.25) is 0 Å². The van der Waals surface area contributed by atoms with Crippen LogP contribution in [0.2, 0.25) is 0 Å². The normalized spacial score (nSPS) is 16.3. The molecule has 3 aliphatic heterocycles. The van der Waals surface area contributed by atoms with Crippen molar-refractivity contribution in [3.05, 3.63) is 113 Å². The first-order chi connectivity index (χ1) is 21.9. The molecule has 2 amide bonds. The number of benzene rings is 3. The van der Waals surface area contributed by atoms with Crippen molar-refractivity contribution in [3.8, 4) is 28.7 Å². The van der Waals surface area contributed by atoms with Crippen molar-refractivity contribution in [2.24, 2.45) is 0 Å². The van der Waals surface area contributed by atoms with Gasteiger partial charge in [0, 0.05) is 25.5 Å². The number of nitrogens with one attached hydrogen (secondary N) is 1. The molecule has 2 N–H and O–H groups in total. The van der Waals surface area contributed by atoms with Crippen molar-refractivity contribution in [1.29, 1.82) is 0 Å². The monoisotopic (exact) mass is 604 g/mol. The van der Waals surface area contributed by atoms with E-state index in [1.807, 2.05) is 71.0 Å². The highest BCUT2D eigenvalue weighted by Crippen LogP contribution is 2.41. The van der Waals surface area contributed by atoms with Crippen LogP contribution in [0.25, 0.3) is 5.65 Å². The number of amides is 2. The molecule has 3 aliphatic rings. The van der Waals surface area contributed by atoms with Crippen LogP contribution in [0.1, 0.15) is 55.6 Å². The standard InChI is InChI=1S/C35H32N4O6/c1-21-10-13-38-20-28(37-32(38)16-21)35(42)39-14-11-22-17-24-5-7-26(22)33(39)23-4-9-30(43-2)31(18-23)44-15-3-12-36-34(41)27-19-25(45-24)6-8-29(27)40/h4-10,13,16-20,33,40H,3,11-12,14-15H2,1-2H3,(H,36,41). The number of phenolic OH excluding ortho intramolecular Hbond substituents is 1. The summed E-state index contributed by atoms with van der Waals surface area (Å²) in [5.74, 6) is 1.40. The molecule has 1 atom stereocenters. The van der Waals surface area contributed by atoms with Gasteiger partial charge in [0.25, 0.3) is 11.8 Å². The second-order valence-electron chi connectivity index (χ2n) is 11.3. The number of aryl methyl sites for hydroxylation is 1. The van der Waals surface area contributed by atoms with Crippen molar-refractivity contribution in [2.45, 2.75) is 25.8 Å². The van der Waals surface area contributed by atoms with E-state index in [2.05, 4.69) is 10.3 Å². The Morgan fingerprint density at radius 3 is 2.78 bits per heavy atom. The van der Waals surface area contributed by atoms with Crippen LogP contribution in [0.4, 0.5) is 0 Å². The summed E-state index contributed by atoms with van der Waals surface area (Å²) < 4.78 is 19.8. The average Bonchev–Trinajstić information content (AvgIpc) is 3.47. The molecule has 0 radical (unpaired) electrons. The van der Waals surface area contributed by atoms with E-state index in [-0.39, 0.29) is 17.2 Å². The molecule has 3 aromatic carbocycles. The van der Waals surface area contributed by atoms with Crippen molar-refractivity contribution in [3.63, 3.8) is 0 Å². The number of methoxy groups -OCH3 is 1. The predicted octanol–water partition coefficient (Wildman–Crippen LogP) is 5.45. The van der Waals surface area contributed by atoms with Crippen molar-refractivity contribution >= 4 is 17.5 Å². The van der Waals surface area contributed by atoms with Crippen LogP contribution < -0.4 is 19.5 Å². The lowest BCUT2D eigenvalue weighted by Gasteiger charge is -2.37. The van der Waals surface area contributed by atoms with Gasteiger partial charge in [-0.25, -0.2) is 4.98 Å². The highest BCUT2D eigenvalue weighted by Gasteiger charge is 2.34. The Balaban J connectivity index is 1.33. The number of carbonyl (C=O) groups excluding carboxylic acids is 2. The molecule has 5 heterocycles. The molecule has 8 rings (SSSR count). The van der Waals surface area contributed by atoms with E-state index in [4.69, 9.17) is 14.2 Å². The van der Waals surface area contributed by atoms with Crippen LogP contribution in [0.15, 0.2) is 79.1 Å². The fourth-order valence-electron chi connectivity index (χ4n) is 6.00. The first kappa shape index (κ1) is 28.3. The number of nitrogens with zero attached hydrogens (tertiary/aromatic N) is 3. The molecule has 0 saturated carbocycles. The zero-order chi connectivity index (χ0) is 31.1. The van der Waals surface area contributed by atoms with Gasteiger partial charge in [-0.2, -0.15) is 0 Å². The minimum atomic E-state index is -0.423. The summed E-state index contributed by atoms with van der Waals surface area (Å²) in [4.78, 5) is 33.5. The van der Waals surface area contributed by atoms with Crippen molar-refractivity contribution < 1.29 is 28.9 Å². The molecule has 0 spiro atoms. The zero-order valence-corrected chi connectivity index (χ0v) is 24.9. The van der Waals surface area contributed by atoms with Crippen LogP contribution in [0.3, 0.4) is 0 Å². The van der Waals surface area contributed by atoms with Gasteiger partial charge in [-0.05, 0) is 96.6 Å². The summed E-state index contributed by atoms with van der Waals surface area (Å²) in [5, 5.41) is 13.2. The van der Waals surface area contributed by atoms with E-state index >= 15 is 0 Å². The van der Waals surface area contributed by atoms with Gasteiger partial charge in [0.05, 0.1) is 25.3 Å². The van der Waals surface area contributed by atoms with Crippen molar-refractivity contribution in [2.75, 3.05) is 26.8 Å². The molecule has 228 valence electrons. The number of carbonyl (C=O) groups is 2. The Hall–Kier alpha value is -5.51. The summed E-state index contributed by atoms with van der Waals surface area (Å²) in [5.41, 5.74) is 5.14. The summed E-state index contributed by atoms with van der Waals surface area (Å²) in [6, 6.07) is 19.6. The van der Waals surface area contributed by atoms with E-state index in [1.165, 1.54) is 12.1 Å². The molecule has 0 aliphatic carbocycles. The lowest BCUT2D eigenvalue weighted by atomic mass is 9.87. The van der Waals surface area contributed by atoms with E-state index in [1.54, 1.807) is 19.4 Å². The second-order valence-corrected chi connectivity index (χ2v) is 11.3. The van der Waals surface area contributed by atoms with Crippen LogP contribution in [-0.2, 0) is 6.42 Å². The smallest absolute Gasteiger partial charge is 0.274 e. The molecule has 0 fully saturated rings. The van der Waals surface area contributed by atoms with Gasteiger partial charge in [-0.1, -0.05) is 12.1 Å². The quantitative estimate of drug-likeness (QED) is 0.276. The van der Waals surface area contributed by atoms with Crippen molar-refractivity contribution in [1.82, 2.24) is 19.6 Å². The Bertz CT molecular complexity index is 1950. The fraction of sp³-hybridized carbons (Fsp3) is 0.229. The second kappa shape index (κ2) is 11.5. The highest BCUT2D eigenvalue weighted by molar-refractivity contribution is 5.97. The minimum absolute atomic E-state index is 0.123. The molecular formula is C35H32N4O6. The number of hydrogen-bond donors (Lipinski definition) is 2. The van der Waals surface area contributed by atoms with Crippen LogP contribution in [-0.4, -0.2) is 58.0 Å². The molecular weight excluding hydrogens is 572 g/mol. The molecule has 10 heteroatoms. The lowest BCUT2D eigenvalue weighted by Crippen LogP contribution is -2.40. The topological polar surface area (TPSA) is 115 Å². The molecule has 8 bridgehead atoms. The summed E-state index contributed by atoms with van der Waals surface area (Å²) in [7, 11) is 1.58. The van der Waals surface area contributed by atoms with Crippen LogP contribution in [0, 0.1) is 6.92 Å². The third kappa shape index (κ3) is 5.39. The number of phenols is 1. The Kier molecular flexibility index (Phi) is 7.25. The van der Waals surface area contributed by atoms with Gasteiger partial charge in [-0.15, -0.1) is 0 Å². The summed E-state index contributed by atoms with van der Waals surface area (Å²) >= 11 is 0. The molecule has 45 heavy (non-hydrogen) atoms. The van der Waals surface area contributed by atoms with Crippen LogP contribution in [0.5, 0.6) is 28.7 Å². The number of rotatable bonds is 2. The Morgan fingerprint density at radius 1 is 1.07 bits per heavy atom. The largest absolute Gasteiger partial charge is 0.507 e. The Labute approximate surface area is 259 Å². The molecule has 10 nitrogen and oxygen atoms in total. The van der Waals surface area contributed by atoms with Gasteiger partial charge in [-0.3, -0.25) is 9.59 Å². The molecule has 0 saturated heterocycles. The number of aromatic hydroxyl groups is 1. The maximum atomic E-state index is 14.2. The maximum absolute atomic E-state index is 14.2.